The lowest BCUT2D eigenvalue weighted by atomic mass is 10.1. The zero-order valence-corrected chi connectivity index (χ0v) is 10.2. The highest BCUT2D eigenvalue weighted by Gasteiger charge is 2.21. The van der Waals surface area contributed by atoms with Crippen molar-refractivity contribution in [2.75, 3.05) is 5.75 Å². The van der Waals surface area contributed by atoms with Gasteiger partial charge in [0, 0.05) is 11.6 Å². The van der Waals surface area contributed by atoms with Crippen LogP contribution < -0.4 is 4.72 Å². The SMILES string of the molecule is CC(NS(=O)(=O)CC(=O)O)c1cc(F)ccc1F. The summed E-state index contributed by atoms with van der Waals surface area (Å²) in [5, 5.41) is 8.38. The molecule has 1 rings (SSSR count). The molecule has 1 atom stereocenters. The van der Waals surface area contributed by atoms with Gasteiger partial charge in [-0.3, -0.25) is 4.79 Å². The Bertz CT molecular complexity index is 559. The lowest BCUT2D eigenvalue weighted by molar-refractivity contribution is -0.134. The van der Waals surface area contributed by atoms with Crippen molar-refractivity contribution < 1.29 is 27.1 Å². The van der Waals surface area contributed by atoms with Crippen molar-refractivity contribution in [3.05, 3.63) is 35.4 Å². The zero-order valence-electron chi connectivity index (χ0n) is 9.35. The molecule has 2 N–H and O–H groups in total. The molecule has 0 amide bonds. The molecule has 1 aromatic rings. The minimum atomic E-state index is -4.10. The smallest absolute Gasteiger partial charge is 0.320 e. The first-order chi connectivity index (χ1) is 8.21. The maximum atomic E-state index is 13.3. The van der Waals surface area contributed by atoms with Crippen LogP contribution in [-0.2, 0) is 14.8 Å². The number of nitrogens with one attached hydrogen (secondary N) is 1. The minimum Gasteiger partial charge on any atom is -0.480 e. The lowest BCUT2D eigenvalue weighted by Gasteiger charge is -2.14. The van der Waals surface area contributed by atoms with Gasteiger partial charge in [0.1, 0.15) is 11.6 Å². The third kappa shape index (κ3) is 4.04. The molecular formula is C10H11F2NO4S. The molecule has 0 bridgehead atoms. The summed E-state index contributed by atoms with van der Waals surface area (Å²) in [7, 11) is -4.10. The van der Waals surface area contributed by atoms with E-state index in [2.05, 4.69) is 0 Å². The average Bonchev–Trinajstić information content (AvgIpc) is 2.18. The summed E-state index contributed by atoms with van der Waals surface area (Å²) < 4.78 is 50.8. The maximum Gasteiger partial charge on any atom is 0.320 e. The summed E-state index contributed by atoms with van der Waals surface area (Å²) in [6, 6.07) is 1.55. The van der Waals surface area contributed by atoms with Crippen molar-refractivity contribution in [1.29, 1.82) is 0 Å². The molecule has 0 saturated heterocycles. The molecule has 0 radical (unpaired) electrons. The average molecular weight is 279 g/mol. The second-order valence-electron chi connectivity index (χ2n) is 3.66. The van der Waals surface area contributed by atoms with E-state index < -0.39 is 39.4 Å². The van der Waals surface area contributed by atoms with Gasteiger partial charge >= 0.3 is 5.97 Å². The van der Waals surface area contributed by atoms with Crippen molar-refractivity contribution >= 4 is 16.0 Å². The molecule has 5 nitrogen and oxygen atoms in total. The number of carbonyl (C=O) groups is 1. The van der Waals surface area contributed by atoms with Gasteiger partial charge in [-0.2, -0.15) is 0 Å². The highest BCUT2D eigenvalue weighted by atomic mass is 32.2. The molecule has 1 unspecified atom stereocenters. The predicted octanol–water partition coefficient (Wildman–Crippen LogP) is 1.03. The third-order valence-corrected chi connectivity index (χ3v) is 3.43. The number of benzene rings is 1. The van der Waals surface area contributed by atoms with Gasteiger partial charge in [-0.25, -0.2) is 21.9 Å². The minimum absolute atomic E-state index is 0.191. The molecule has 0 aliphatic carbocycles. The van der Waals surface area contributed by atoms with Gasteiger partial charge in [0.2, 0.25) is 10.0 Å². The number of aliphatic carboxylic acids is 1. The summed E-state index contributed by atoms with van der Waals surface area (Å²) in [6.45, 7) is 1.29. The van der Waals surface area contributed by atoms with E-state index in [0.29, 0.717) is 0 Å². The van der Waals surface area contributed by atoms with E-state index in [1.807, 2.05) is 4.72 Å². The first kappa shape index (κ1) is 14.5. The zero-order chi connectivity index (χ0) is 13.9. The molecule has 0 saturated carbocycles. The van der Waals surface area contributed by atoms with E-state index in [-0.39, 0.29) is 5.56 Å². The lowest BCUT2D eigenvalue weighted by Crippen LogP contribution is -2.32. The van der Waals surface area contributed by atoms with Gasteiger partial charge in [-0.15, -0.1) is 0 Å². The van der Waals surface area contributed by atoms with Crippen molar-refractivity contribution in [2.24, 2.45) is 0 Å². The van der Waals surface area contributed by atoms with Crippen LogP contribution >= 0.6 is 0 Å². The Morgan fingerprint density at radius 1 is 1.44 bits per heavy atom. The van der Waals surface area contributed by atoms with Crippen LogP contribution in [0.2, 0.25) is 0 Å². The molecule has 1 aromatic carbocycles. The van der Waals surface area contributed by atoms with Crippen LogP contribution in [0.5, 0.6) is 0 Å². The molecule has 18 heavy (non-hydrogen) atoms. The van der Waals surface area contributed by atoms with Gasteiger partial charge in [-0.05, 0) is 25.1 Å². The molecule has 0 aliphatic rings. The van der Waals surface area contributed by atoms with E-state index in [1.54, 1.807) is 0 Å². The fraction of sp³-hybridized carbons (Fsp3) is 0.300. The Morgan fingerprint density at radius 3 is 2.61 bits per heavy atom. The summed E-state index contributed by atoms with van der Waals surface area (Å²) in [6.07, 6.45) is 0. The first-order valence-electron chi connectivity index (χ1n) is 4.88. The molecule has 0 heterocycles. The van der Waals surface area contributed by atoms with Crippen LogP contribution in [0.15, 0.2) is 18.2 Å². The molecule has 100 valence electrons. The molecule has 0 aromatic heterocycles. The van der Waals surface area contributed by atoms with Crippen LogP contribution in [0.25, 0.3) is 0 Å². The highest BCUT2D eigenvalue weighted by Crippen LogP contribution is 2.18. The maximum absolute atomic E-state index is 13.3. The van der Waals surface area contributed by atoms with E-state index in [1.165, 1.54) is 6.92 Å². The number of rotatable bonds is 5. The fourth-order valence-corrected chi connectivity index (χ4v) is 2.46. The first-order valence-corrected chi connectivity index (χ1v) is 6.53. The molecule has 0 fully saturated rings. The van der Waals surface area contributed by atoms with Crippen molar-refractivity contribution in [3.8, 4) is 0 Å². The third-order valence-electron chi connectivity index (χ3n) is 2.09. The number of carboxylic acid groups (broad SMARTS) is 1. The number of sulfonamides is 1. The Kier molecular flexibility index (Phi) is 4.36. The van der Waals surface area contributed by atoms with Gasteiger partial charge in [0.25, 0.3) is 0 Å². The van der Waals surface area contributed by atoms with Crippen LogP contribution in [0.4, 0.5) is 8.78 Å². The quantitative estimate of drug-likeness (QED) is 0.843. The van der Waals surface area contributed by atoms with E-state index in [9.17, 15) is 22.0 Å². The van der Waals surface area contributed by atoms with Gasteiger partial charge in [0.15, 0.2) is 5.75 Å². The Morgan fingerprint density at radius 2 is 2.06 bits per heavy atom. The molecular weight excluding hydrogens is 268 g/mol. The Hall–Kier alpha value is -1.54. The molecule has 0 spiro atoms. The normalized spacial score (nSPS) is 13.3. The molecule has 0 aliphatic heterocycles. The van der Waals surface area contributed by atoms with E-state index in [4.69, 9.17) is 5.11 Å². The number of carboxylic acids is 1. The summed E-state index contributed by atoms with van der Waals surface area (Å²) in [4.78, 5) is 10.3. The van der Waals surface area contributed by atoms with Crippen molar-refractivity contribution in [1.82, 2.24) is 4.72 Å². The topological polar surface area (TPSA) is 83.5 Å². The van der Waals surface area contributed by atoms with Crippen molar-refractivity contribution in [2.45, 2.75) is 13.0 Å². The van der Waals surface area contributed by atoms with Crippen LogP contribution in [-0.4, -0.2) is 25.2 Å². The highest BCUT2D eigenvalue weighted by molar-refractivity contribution is 7.90. The second-order valence-corrected chi connectivity index (χ2v) is 5.41. The van der Waals surface area contributed by atoms with Crippen molar-refractivity contribution in [3.63, 3.8) is 0 Å². The van der Waals surface area contributed by atoms with Gasteiger partial charge in [-0.1, -0.05) is 0 Å². The number of hydrogen-bond donors (Lipinski definition) is 2. The molecule has 8 heteroatoms. The summed E-state index contributed by atoms with van der Waals surface area (Å²) >= 11 is 0. The monoisotopic (exact) mass is 279 g/mol. The Labute approximate surface area is 102 Å². The van der Waals surface area contributed by atoms with Gasteiger partial charge in [0.05, 0.1) is 0 Å². The number of hydrogen-bond acceptors (Lipinski definition) is 3. The van der Waals surface area contributed by atoms with E-state index >= 15 is 0 Å². The van der Waals surface area contributed by atoms with Crippen LogP contribution in [0.3, 0.4) is 0 Å². The van der Waals surface area contributed by atoms with Crippen LogP contribution in [0.1, 0.15) is 18.5 Å². The summed E-state index contributed by atoms with van der Waals surface area (Å²) in [5.41, 5.74) is -0.191. The predicted molar refractivity (Wildman–Crippen MR) is 59.3 cm³/mol. The van der Waals surface area contributed by atoms with E-state index in [0.717, 1.165) is 18.2 Å². The second kappa shape index (κ2) is 5.40. The van der Waals surface area contributed by atoms with Crippen LogP contribution in [0, 0.1) is 11.6 Å². The Balaban J connectivity index is 2.92. The van der Waals surface area contributed by atoms with Gasteiger partial charge < -0.3 is 5.11 Å². The number of halogens is 2. The standard InChI is InChI=1S/C10H11F2NO4S/c1-6(13-18(16,17)5-10(14)15)8-4-7(11)2-3-9(8)12/h2-4,6,13H,5H2,1H3,(H,14,15). The largest absolute Gasteiger partial charge is 0.480 e. The fourth-order valence-electron chi connectivity index (χ4n) is 1.38. The summed E-state index contributed by atoms with van der Waals surface area (Å²) in [5.74, 6) is -4.15.